The van der Waals surface area contributed by atoms with Crippen molar-refractivity contribution in [1.82, 2.24) is 9.55 Å². The van der Waals surface area contributed by atoms with Crippen molar-refractivity contribution in [2.24, 2.45) is 12.8 Å². The maximum atomic E-state index is 6.14. The topological polar surface area (TPSA) is 43.8 Å². The summed E-state index contributed by atoms with van der Waals surface area (Å²) in [6.45, 7) is 2.26. The van der Waals surface area contributed by atoms with E-state index in [1.807, 2.05) is 24.1 Å². The van der Waals surface area contributed by atoms with Gasteiger partial charge in [-0.15, -0.1) is 0 Å². The van der Waals surface area contributed by atoms with Crippen molar-refractivity contribution in [1.29, 1.82) is 0 Å². The summed E-state index contributed by atoms with van der Waals surface area (Å²) in [5.41, 5.74) is 7.29. The van der Waals surface area contributed by atoms with Crippen LogP contribution in [0.4, 0.5) is 0 Å². The van der Waals surface area contributed by atoms with Gasteiger partial charge in [0.15, 0.2) is 0 Å². The smallest absolute Gasteiger partial charge is 0.0946 e. The highest BCUT2D eigenvalue weighted by molar-refractivity contribution is 5.03. The van der Waals surface area contributed by atoms with E-state index in [4.69, 9.17) is 5.73 Å². The summed E-state index contributed by atoms with van der Waals surface area (Å²) < 4.78 is 2.02. The van der Waals surface area contributed by atoms with Crippen LogP contribution in [0.15, 0.2) is 12.5 Å². The largest absolute Gasteiger partial charge is 0.336 e. The molecule has 0 radical (unpaired) electrons. The Hall–Kier alpha value is -0.830. The van der Waals surface area contributed by atoms with Crippen molar-refractivity contribution >= 4 is 0 Å². The number of unbranched alkanes of at least 4 members (excludes halogenated alkanes) is 6. The van der Waals surface area contributed by atoms with Gasteiger partial charge in [-0.1, -0.05) is 51.9 Å². The minimum absolute atomic E-state index is 0.151. The molecule has 1 atom stereocenters. The van der Waals surface area contributed by atoms with E-state index in [0.29, 0.717) is 0 Å². The van der Waals surface area contributed by atoms with E-state index in [1.54, 1.807) is 0 Å². The summed E-state index contributed by atoms with van der Waals surface area (Å²) in [5.74, 6) is 0. The number of rotatable bonds is 9. The predicted octanol–water partition coefficient (Wildman–Crippen LogP) is 3.56. The van der Waals surface area contributed by atoms with Gasteiger partial charge in [-0.3, -0.25) is 0 Å². The van der Waals surface area contributed by atoms with E-state index in [9.17, 15) is 0 Å². The molecule has 98 valence electrons. The summed E-state index contributed by atoms with van der Waals surface area (Å²) >= 11 is 0. The zero-order valence-electron chi connectivity index (χ0n) is 11.4. The number of aromatic nitrogens is 2. The lowest BCUT2D eigenvalue weighted by molar-refractivity contribution is 0.528. The van der Waals surface area contributed by atoms with Gasteiger partial charge >= 0.3 is 0 Å². The molecule has 1 heterocycles. The Balaban J connectivity index is 2.05. The number of nitrogens with two attached hydrogens (primary N) is 1. The van der Waals surface area contributed by atoms with Crippen LogP contribution in [0.2, 0.25) is 0 Å². The second kappa shape index (κ2) is 8.29. The van der Waals surface area contributed by atoms with Crippen LogP contribution in [0.3, 0.4) is 0 Å². The van der Waals surface area contributed by atoms with Crippen LogP contribution in [0.5, 0.6) is 0 Å². The summed E-state index contributed by atoms with van der Waals surface area (Å²) in [6.07, 6.45) is 14.2. The van der Waals surface area contributed by atoms with Crippen LogP contribution in [-0.4, -0.2) is 9.55 Å². The minimum atomic E-state index is 0.151. The van der Waals surface area contributed by atoms with Gasteiger partial charge in [-0.25, -0.2) is 4.98 Å². The van der Waals surface area contributed by atoms with E-state index < -0.39 is 0 Å². The number of aryl methyl sites for hydroxylation is 1. The van der Waals surface area contributed by atoms with Gasteiger partial charge in [0.05, 0.1) is 12.0 Å². The molecule has 0 saturated heterocycles. The van der Waals surface area contributed by atoms with E-state index in [1.165, 1.54) is 44.9 Å². The molecule has 0 aliphatic heterocycles. The second-order valence-electron chi connectivity index (χ2n) is 4.95. The van der Waals surface area contributed by atoms with Crippen molar-refractivity contribution in [2.45, 2.75) is 64.3 Å². The van der Waals surface area contributed by atoms with Gasteiger partial charge in [-0.05, 0) is 6.42 Å². The Kier molecular flexibility index (Phi) is 6.94. The Labute approximate surface area is 105 Å². The maximum absolute atomic E-state index is 6.14. The number of hydrogen-bond acceptors (Lipinski definition) is 2. The minimum Gasteiger partial charge on any atom is -0.336 e. The molecule has 1 unspecified atom stereocenters. The third kappa shape index (κ3) is 5.35. The van der Waals surface area contributed by atoms with E-state index in [-0.39, 0.29) is 6.04 Å². The fourth-order valence-electron chi connectivity index (χ4n) is 2.19. The normalized spacial score (nSPS) is 12.9. The first-order valence-electron chi connectivity index (χ1n) is 6.97. The van der Waals surface area contributed by atoms with Crippen LogP contribution in [0.25, 0.3) is 0 Å². The van der Waals surface area contributed by atoms with Crippen molar-refractivity contribution in [3.05, 3.63) is 18.2 Å². The Morgan fingerprint density at radius 3 is 2.41 bits per heavy atom. The van der Waals surface area contributed by atoms with Crippen molar-refractivity contribution < 1.29 is 0 Å². The van der Waals surface area contributed by atoms with Crippen LogP contribution < -0.4 is 5.73 Å². The molecule has 1 aromatic rings. The Bertz CT molecular complexity index is 293. The first-order valence-corrected chi connectivity index (χ1v) is 6.97. The highest BCUT2D eigenvalue weighted by Gasteiger charge is 2.08. The molecule has 0 aliphatic rings. The zero-order valence-corrected chi connectivity index (χ0v) is 11.4. The molecule has 0 fully saturated rings. The Morgan fingerprint density at radius 2 is 1.82 bits per heavy atom. The fourth-order valence-corrected chi connectivity index (χ4v) is 2.19. The Morgan fingerprint density at radius 1 is 1.18 bits per heavy atom. The first-order chi connectivity index (χ1) is 8.25. The van der Waals surface area contributed by atoms with Crippen molar-refractivity contribution in [3.63, 3.8) is 0 Å². The second-order valence-corrected chi connectivity index (χ2v) is 4.95. The summed E-state index contributed by atoms with van der Waals surface area (Å²) in [5, 5.41) is 0. The summed E-state index contributed by atoms with van der Waals surface area (Å²) in [7, 11) is 2.01. The molecule has 0 amide bonds. The molecule has 0 aliphatic carbocycles. The highest BCUT2D eigenvalue weighted by atomic mass is 15.0. The molecule has 0 saturated carbocycles. The van der Waals surface area contributed by atoms with Crippen LogP contribution in [-0.2, 0) is 7.05 Å². The molecule has 0 aromatic carbocycles. The monoisotopic (exact) mass is 237 g/mol. The average Bonchev–Trinajstić information content (AvgIpc) is 2.74. The predicted molar refractivity (Wildman–Crippen MR) is 72.7 cm³/mol. The van der Waals surface area contributed by atoms with Gasteiger partial charge in [0.1, 0.15) is 0 Å². The molecule has 0 bridgehead atoms. The lowest BCUT2D eigenvalue weighted by Gasteiger charge is -2.11. The fraction of sp³-hybridized carbons (Fsp3) is 0.786. The molecule has 3 nitrogen and oxygen atoms in total. The quantitative estimate of drug-likeness (QED) is 0.667. The van der Waals surface area contributed by atoms with Gasteiger partial charge in [0.25, 0.3) is 0 Å². The average molecular weight is 237 g/mol. The summed E-state index contributed by atoms with van der Waals surface area (Å²) in [4.78, 5) is 4.10. The van der Waals surface area contributed by atoms with Gasteiger partial charge < -0.3 is 10.3 Å². The van der Waals surface area contributed by atoms with Crippen LogP contribution in [0, 0.1) is 0 Å². The maximum Gasteiger partial charge on any atom is 0.0946 e. The van der Waals surface area contributed by atoms with Crippen molar-refractivity contribution in [2.75, 3.05) is 0 Å². The van der Waals surface area contributed by atoms with Crippen LogP contribution >= 0.6 is 0 Å². The third-order valence-electron chi connectivity index (χ3n) is 3.35. The molecule has 2 N–H and O–H groups in total. The molecular weight excluding hydrogens is 210 g/mol. The number of nitrogens with zero attached hydrogens (tertiary/aromatic N) is 2. The standard InChI is InChI=1S/C14H27N3/c1-3-4-5-6-7-8-9-10-13(15)14-11-16-12-17(14)2/h11-13H,3-10,15H2,1-2H3. The lowest BCUT2D eigenvalue weighted by Crippen LogP contribution is -2.13. The lowest BCUT2D eigenvalue weighted by atomic mass is 10.0. The molecular formula is C14H27N3. The molecule has 0 spiro atoms. The highest BCUT2D eigenvalue weighted by Crippen LogP contribution is 2.17. The SMILES string of the molecule is CCCCCCCCCC(N)c1cncn1C. The zero-order chi connectivity index (χ0) is 12.5. The summed E-state index contributed by atoms with van der Waals surface area (Å²) in [6, 6.07) is 0.151. The van der Waals surface area contributed by atoms with Crippen molar-refractivity contribution in [3.8, 4) is 0 Å². The van der Waals surface area contributed by atoms with Gasteiger partial charge in [0, 0.05) is 19.3 Å². The third-order valence-corrected chi connectivity index (χ3v) is 3.35. The number of hydrogen-bond donors (Lipinski definition) is 1. The van der Waals surface area contributed by atoms with Gasteiger partial charge in [-0.2, -0.15) is 0 Å². The van der Waals surface area contributed by atoms with Gasteiger partial charge in [0.2, 0.25) is 0 Å². The molecule has 1 rings (SSSR count). The van der Waals surface area contributed by atoms with E-state index >= 15 is 0 Å². The van der Waals surface area contributed by atoms with E-state index in [0.717, 1.165) is 12.1 Å². The number of imidazole rings is 1. The van der Waals surface area contributed by atoms with Crippen LogP contribution in [0.1, 0.15) is 70.0 Å². The molecule has 3 heteroatoms. The van der Waals surface area contributed by atoms with E-state index in [2.05, 4.69) is 11.9 Å². The molecule has 17 heavy (non-hydrogen) atoms. The molecule has 1 aromatic heterocycles. The first kappa shape index (κ1) is 14.2.